The fraction of sp³-hybridized carbons (Fsp3) is 0.231. The lowest BCUT2D eigenvalue weighted by molar-refractivity contribution is 0.954. The third-order valence-electron chi connectivity index (χ3n) is 2.46. The molecule has 0 unspecified atom stereocenters. The van der Waals surface area contributed by atoms with Crippen LogP contribution in [0.25, 0.3) is 10.8 Å². The van der Waals surface area contributed by atoms with Crippen LogP contribution in [0.5, 0.6) is 0 Å². The highest BCUT2D eigenvalue weighted by Gasteiger charge is 1.98. The minimum absolute atomic E-state index is 1.20. The molecule has 0 saturated heterocycles. The van der Waals surface area contributed by atoms with Gasteiger partial charge in [-0.15, -0.1) is 0 Å². The molecule has 0 aromatic heterocycles. The molecule has 0 nitrogen and oxygen atoms in total. The average Bonchev–Trinajstić information content (AvgIpc) is 2.26. The number of alkyl halides is 1. The molecular formula is C13H13I. The third kappa shape index (κ3) is 2.08. The summed E-state index contributed by atoms with van der Waals surface area (Å²) >= 11 is 2.44. The minimum Gasteiger partial charge on any atom is -0.0864 e. The summed E-state index contributed by atoms with van der Waals surface area (Å²) in [4.78, 5) is 0. The summed E-state index contributed by atoms with van der Waals surface area (Å²) in [6.07, 6.45) is 2.47. The Kier molecular flexibility index (Phi) is 3.40. The van der Waals surface area contributed by atoms with Gasteiger partial charge in [0.1, 0.15) is 0 Å². The molecule has 0 bridgehead atoms. The maximum atomic E-state index is 2.44. The Balaban J connectivity index is 2.43. The van der Waals surface area contributed by atoms with E-state index < -0.39 is 0 Å². The lowest BCUT2D eigenvalue weighted by Crippen LogP contribution is -1.87. The second-order valence-electron chi connectivity index (χ2n) is 3.43. The van der Waals surface area contributed by atoms with Crippen molar-refractivity contribution in [2.24, 2.45) is 0 Å². The highest BCUT2D eigenvalue weighted by atomic mass is 127. The zero-order chi connectivity index (χ0) is 9.80. The number of aryl methyl sites for hydroxylation is 1. The molecule has 0 amide bonds. The van der Waals surface area contributed by atoms with Gasteiger partial charge < -0.3 is 0 Å². The summed E-state index contributed by atoms with van der Waals surface area (Å²) in [5.41, 5.74) is 1.49. The SMILES string of the molecule is ICCCc1cccc2ccccc12. The highest BCUT2D eigenvalue weighted by Crippen LogP contribution is 2.19. The summed E-state index contributed by atoms with van der Waals surface area (Å²) in [7, 11) is 0. The van der Waals surface area contributed by atoms with Crippen LogP contribution in [0.15, 0.2) is 42.5 Å². The van der Waals surface area contributed by atoms with E-state index in [0.29, 0.717) is 0 Å². The first-order valence-corrected chi connectivity index (χ1v) is 6.47. The van der Waals surface area contributed by atoms with Gasteiger partial charge in [0.2, 0.25) is 0 Å². The molecule has 0 atom stereocenters. The van der Waals surface area contributed by atoms with Crippen LogP contribution in [0.4, 0.5) is 0 Å². The summed E-state index contributed by atoms with van der Waals surface area (Å²) in [6, 6.07) is 15.2. The highest BCUT2D eigenvalue weighted by molar-refractivity contribution is 14.1. The van der Waals surface area contributed by atoms with Gasteiger partial charge in [0.15, 0.2) is 0 Å². The van der Waals surface area contributed by atoms with Crippen molar-refractivity contribution in [3.05, 3.63) is 48.0 Å². The Labute approximate surface area is 98.5 Å². The molecule has 0 aliphatic carbocycles. The zero-order valence-corrected chi connectivity index (χ0v) is 10.2. The molecule has 1 heteroatoms. The number of hydrogen-bond donors (Lipinski definition) is 0. The van der Waals surface area contributed by atoms with Crippen LogP contribution >= 0.6 is 22.6 Å². The maximum Gasteiger partial charge on any atom is -0.000156 e. The molecule has 0 radical (unpaired) electrons. The van der Waals surface area contributed by atoms with Crippen LogP contribution in [0, 0.1) is 0 Å². The van der Waals surface area contributed by atoms with Crippen molar-refractivity contribution in [2.75, 3.05) is 4.43 Å². The van der Waals surface area contributed by atoms with Gasteiger partial charge in [0.05, 0.1) is 0 Å². The average molecular weight is 296 g/mol. The first-order chi connectivity index (χ1) is 6.92. The van der Waals surface area contributed by atoms with Gasteiger partial charge in [-0.25, -0.2) is 0 Å². The Morgan fingerprint density at radius 2 is 1.71 bits per heavy atom. The monoisotopic (exact) mass is 296 g/mol. The second kappa shape index (κ2) is 4.78. The van der Waals surface area contributed by atoms with Gasteiger partial charge in [-0.3, -0.25) is 0 Å². The van der Waals surface area contributed by atoms with Gasteiger partial charge in [0, 0.05) is 0 Å². The molecule has 0 N–H and O–H groups in total. The fourth-order valence-electron chi connectivity index (χ4n) is 1.77. The maximum absolute atomic E-state index is 2.44. The number of halogens is 1. The van der Waals surface area contributed by atoms with E-state index in [9.17, 15) is 0 Å². The molecule has 0 aliphatic heterocycles. The van der Waals surface area contributed by atoms with Crippen LogP contribution in [0.1, 0.15) is 12.0 Å². The van der Waals surface area contributed by atoms with E-state index in [2.05, 4.69) is 65.1 Å². The Morgan fingerprint density at radius 1 is 0.929 bits per heavy atom. The molecule has 72 valence electrons. The van der Waals surface area contributed by atoms with E-state index in [0.717, 1.165) is 0 Å². The van der Waals surface area contributed by atoms with Gasteiger partial charge >= 0.3 is 0 Å². The normalized spacial score (nSPS) is 10.6. The predicted molar refractivity (Wildman–Crippen MR) is 71.2 cm³/mol. The van der Waals surface area contributed by atoms with Crippen molar-refractivity contribution in [1.82, 2.24) is 0 Å². The van der Waals surface area contributed by atoms with Crippen molar-refractivity contribution >= 4 is 33.4 Å². The Morgan fingerprint density at radius 3 is 2.57 bits per heavy atom. The Hall–Kier alpha value is -0.570. The van der Waals surface area contributed by atoms with Crippen molar-refractivity contribution in [1.29, 1.82) is 0 Å². The van der Waals surface area contributed by atoms with E-state index in [1.165, 1.54) is 33.6 Å². The van der Waals surface area contributed by atoms with Crippen molar-refractivity contribution in [2.45, 2.75) is 12.8 Å². The first-order valence-electron chi connectivity index (χ1n) is 4.94. The van der Waals surface area contributed by atoms with Gasteiger partial charge in [-0.05, 0) is 33.6 Å². The van der Waals surface area contributed by atoms with Crippen LogP contribution in [-0.4, -0.2) is 4.43 Å². The fourth-order valence-corrected chi connectivity index (χ4v) is 2.15. The predicted octanol–water partition coefficient (Wildman–Crippen LogP) is 4.21. The van der Waals surface area contributed by atoms with E-state index in [1.54, 1.807) is 0 Å². The first kappa shape index (κ1) is 9.97. The third-order valence-corrected chi connectivity index (χ3v) is 3.22. The number of fused-ring (bicyclic) bond motifs is 1. The van der Waals surface area contributed by atoms with Gasteiger partial charge in [0.25, 0.3) is 0 Å². The Bertz CT molecular complexity index is 415. The van der Waals surface area contributed by atoms with E-state index >= 15 is 0 Å². The molecule has 2 rings (SSSR count). The van der Waals surface area contributed by atoms with Crippen LogP contribution in [-0.2, 0) is 6.42 Å². The van der Waals surface area contributed by atoms with Crippen LogP contribution < -0.4 is 0 Å². The number of benzene rings is 2. The number of rotatable bonds is 3. The smallest absolute Gasteiger partial charge is 0.000156 e. The molecule has 0 saturated carbocycles. The topological polar surface area (TPSA) is 0 Å². The van der Waals surface area contributed by atoms with Crippen LogP contribution in [0.2, 0.25) is 0 Å². The summed E-state index contributed by atoms with van der Waals surface area (Å²) < 4.78 is 1.24. The van der Waals surface area contributed by atoms with Crippen molar-refractivity contribution in [3.63, 3.8) is 0 Å². The molecule has 2 aromatic rings. The standard InChI is InChI=1S/C13H13I/c14-10-4-8-12-7-3-6-11-5-1-2-9-13(11)12/h1-3,5-7,9H,4,8,10H2. The summed E-state index contributed by atoms with van der Waals surface area (Å²) in [5, 5.41) is 2.78. The van der Waals surface area contributed by atoms with E-state index in [-0.39, 0.29) is 0 Å². The summed E-state index contributed by atoms with van der Waals surface area (Å²) in [6.45, 7) is 0. The lowest BCUT2D eigenvalue weighted by atomic mass is 10.0. The molecule has 14 heavy (non-hydrogen) atoms. The largest absolute Gasteiger partial charge is 0.0864 e. The van der Waals surface area contributed by atoms with Crippen molar-refractivity contribution in [3.8, 4) is 0 Å². The second-order valence-corrected chi connectivity index (χ2v) is 4.51. The minimum atomic E-state index is 1.20. The molecule has 0 aliphatic rings. The quantitative estimate of drug-likeness (QED) is 0.588. The molecule has 0 heterocycles. The van der Waals surface area contributed by atoms with E-state index in [1.807, 2.05) is 0 Å². The zero-order valence-electron chi connectivity index (χ0n) is 8.04. The molecule has 2 aromatic carbocycles. The summed E-state index contributed by atoms with van der Waals surface area (Å²) in [5.74, 6) is 0. The number of hydrogen-bond acceptors (Lipinski definition) is 0. The lowest BCUT2D eigenvalue weighted by Gasteiger charge is -2.04. The van der Waals surface area contributed by atoms with Crippen LogP contribution in [0.3, 0.4) is 0 Å². The molecule has 0 spiro atoms. The van der Waals surface area contributed by atoms with Gasteiger partial charge in [-0.2, -0.15) is 0 Å². The van der Waals surface area contributed by atoms with Crippen molar-refractivity contribution < 1.29 is 0 Å². The van der Waals surface area contributed by atoms with E-state index in [4.69, 9.17) is 0 Å². The molecular weight excluding hydrogens is 283 g/mol. The molecule has 0 fully saturated rings. The van der Waals surface area contributed by atoms with Gasteiger partial charge in [-0.1, -0.05) is 65.1 Å².